The number of hydrogen-bond donors (Lipinski definition) is 1. The molecule has 174 valence electrons. The largest absolute Gasteiger partial charge is 0.351 e. The Labute approximate surface area is 199 Å². The summed E-state index contributed by atoms with van der Waals surface area (Å²) >= 11 is 1.63. The van der Waals surface area contributed by atoms with E-state index in [1.165, 1.54) is 12.0 Å². The molecule has 1 aliphatic heterocycles. The highest BCUT2D eigenvalue weighted by atomic mass is 32.1. The van der Waals surface area contributed by atoms with Crippen molar-refractivity contribution in [3.05, 3.63) is 53.0 Å². The molecule has 2 aliphatic rings. The second-order valence-electron chi connectivity index (χ2n) is 10.1. The summed E-state index contributed by atoms with van der Waals surface area (Å²) < 4.78 is 3.12. The van der Waals surface area contributed by atoms with Crippen LogP contribution in [0, 0.1) is 11.8 Å². The van der Waals surface area contributed by atoms with E-state index in [0.29, 0.717) is 24.1 Å². The molecule has 1 fully saturated rings. The number of hydrogen-bond acceptors (Lipinski definition) is 3. The summed E-state index contributed by atoms with van der Waals surface area (Å²) in [5.41, 5.74) is 2.65. The molecule has 6 heteroatoms. The topological polar surface area (TPSA) is 54.3 Å². The van der Waals surface area contributed by atoms with E-state index in [1.54, 1.807) is 16.2 Å². The zero-order chi connectivity index (χ0) is 23.3. The van der Waals surface area contributed by atoms with Crippen LogP contribution < -0.4 is 10.2 Å². The van der Waals surface area contributed by atoms with Crippen LogP contribution in [0.5, 0.6) is 0 Å². The lowest BCUT2D eigenvalue weighted by atomic mass is 9.77. The maximum Gasteiger partial charge on any atom is 0.275 e. The monoisotopic (exact) mass is 463 g/mol. The van der Waals surface area contributed by atoms with Crippen molar-refractivity contribution < 1.29 is 9.59 Å². The third kappa shape index (κ3) is 3.59. The summed E-state index contributed by atoms with van der Waals surface area (Å²) in [6.07, 6.45) is 4.27. The predicted octanol–water partition coefficient (Wildman–Crippen LogP) is 5.63. The van der Waals surface area contributed by atoms with Crippen molar-refractivity contribution >= 4 is 39.1 Å². The molecule has 1 N–H and O–H groups in total. The van der Waals surface area contributed by atoms with Crippen molar-refractivity contribution in [1.82, 2.24) is 9.88 Å². The average Bonchev–Trinajstić information content (AvgIpc) is 3.40. The van der Waals surface area contributed by atoms with Crippen LogP contribution in [0.25, 0.3) is 10.2 Å². The van der Waals surface area contributed by atoms with E-state index in [9.17, 15) is 9.59 Å². The molecule has 1 saturated carbocycles. The molecule has 5 rings (SSSR count). The van der Waals surface area contributed by atoms with Crippen LogP contribution in [-0.4, -0.2) is 28.0 Å². The van der Waals surface area contributed by atoms with E-state index in [2.05, 4.69) is 38.2 Å². The Morgan fingerprint density at radius 1 is 1.18 bits per heavy atom. The Bertz CT molecular complexity index is 1190. The number of benzene rings is 1. The number of carbonyl (C=O) groups excluding carboxylic acids is 2. The number of nitrogens with one attached hydrogen (secondary N) is 1. The molecule has 0 bridgehead atoms. The minimum Gasteiger partial charge on any atom is -0.351 e. The molecule has 5 nitrogen and oxygen atoms in total. The third-order valence-corrected chi connectivity index (χ3v) is 8.87. The van der Waals surface area contributed by atoms with E-state index in [0.717, 1.165) is 35.2 Å². The number of anilines is 1. The van der Waals surface area contributed by atoms with Crippen molar-refractivity contribution in [2.45, 2.75) is 71.5 Å². The number of rotatable bonds is 4. The first-order chi connectivity index (χ1) is 15.8. The molecule has 0 unspecified atom stereocenters. The van der Waals surface area contributed by atoms with Crippen LogP contribution in [0.2, 0.25) is 0 Å². The van der Waals surface area contributed by atoms with Gasteiger partial charge in [0, 0.05) is 11.7 Å². The van der Waals surface area contributed by atoms with Crippen molar-refractivity contribution in [1.29, 1.82) is 0 Å². The van der Waals surface area contributed by atoms with Gasteiger partial charge in [0.25, 0.3) is 5.91 Å². The third-order valence-electron chi connectivity index (χ3n) is 8.02. The molecular weight excluding hydrogens is 430 g/mol. The first kappa shape index (κ1) is 22.2. The van der Waals surface area contributed by atoms with Gasteiger partial charge in [-0.2, -0.15) is 0 Å². The Morgan fingerprint density at radius 3 is 2.67 bits per heavy atom. The lowest BCUT2D eigenvalue weighted by Gasteiger charge is -2.45. The Kier molecular flexibility index (Phi) is 5.60. The minimum atomic E-state index is -1.02. The summed E-state index contributed by atoms with van der Waals surface area (Å²) in [5, 5.41) is 5.42. The normalized spacial score (nSPS) is 27.6. The van der Waals surface area contributed by atoms with E-state index in [-0.39, 0.29) is 17.9 Å². The van der Waals surface area contributed by atoms with E-state index in [4.69, 9.17) is 0 Å². The fourth-order valence-electron chi connectivity index (χ4n) is 5.61. The Balaban J connectivity index is 1.57. The number of aromatic nitrogens is 1. The predicted molar refractivity (Wildman–Crippen MR) is 135 cm³/mol. The van der Waals surface area contributed by atoms with Gasteiger partial charge in [-0.05, 0) is 66.8 Å². The van der Waals surface area contributed by atoms with Gasteiger partial charge in [-0.15, -0.1) is 11.3 Å². The van der Waals surface area contributed by atoms with Gasteiger partial charge in [0.05, 0.1) is 16.8 Å². The molecule has 33 heavy (non-hydrogen) atoms. The molecule has 0 radical (unpaired) electrons. The van der Waals surface area contributed by atoms with Gasteiger partial charge < -0.3 is 9.88 Å². The van der Waals surface area contributed by atoms with Crippen LogP contribution in [-0.2, 0) is 17.8 Å². The summed E-state index contributed by atoms with van der Waals surface area (Å²) in [6.45, 7) is 8.99. The van der Waals surface area contributed by atoms with E-state index < -0.39 is 5.54 Å². The molecule has 4 atom stereocenters. The van der Waals surface area contributed by atoms with Gasteiger partial charge in [0.15, 0.2) is 0 Å². The maximum absolute atomic E-state index is 14.0. The van der Waals surface area contributed by atoms with E-state index in [1.807, 2.05) is 41.1 Å². The van der Waals surface area contributed by atoms with Crippen LogP contribution >= 0.6 is 11.3 Å². The fourth-order valence-corrected chi connectivity index (χ4v) is 6.43. The number of carbonyl (C=O) groups is 2. The summed E-state index contributed by atoms with van der Waals surface area (Å²) in [5.74, 6) is 0.832. The smallest absolute Gasteiger partial charge is 0.275 e. The lowest BCUT2D eigenvalue weighted by Crippen LogP contribution is -2.66. The summed E-state index contributed by atoms with van der Waals surface area (Å²) in [6, 6.07) is 12.2. The average molecular weight is 464 g/mol. The maximum atomic E-state index is 14.0. The Hall–Kier alpha value is -2.60. The van der Waals surface area contributed by atoms with Crippen molar-refractivity contribution in [2.75, 3.05) is 4.90 Å². The van der Waals surface area contributed by atoms with Crippen LogP contribution in [0.3, 0.4) is 0 Å². The molecule has 1 aromatic carbocycles. The number of fused-ring (bicyclic) bond motifs is 3. The van der Waals surface area contributed by atoms with Gasteiger partial charge in [-0.3, -0.25) is 14.5 Å². The molecule has 2 aromatic heterocycles. The first-order valence-electron chi connectivity index (χ1n) is 12.1. The number of nitrogens with zero attached hydrogens (tertiary/aromatic N) is 2. The molecule has 3 heterocycles. The van der Waals surface area contributed by atoms with Crippen LogP contribution in [0.15, 0.2) is 41.8 Å². The van der Waals surface area contributed by atoms with Gasteiger partial charge in [0.2, 0.25) is 5.91 Å². The highest BCUT2D eigenvalue weighted by Gasteiger charge is 2.49. The van der Waals surface area contributed by atoms with E-state index >= 15 is 0 Å². The van der Waals surface area contributed by atoms with Gasteiger partial charge >= 0.3 is 0 Å². The molecular formula is C27H33N3O2S. The summed E-state index contributed by atoms with van der Waals surface area (Å²) in [7, 11) is 0. The zero-order valence-electron chi connectivity index (χ0n) is 19.9. The lowest BCUT2D eigenvalue weighted by molar-refractivity contribution is -0.128. The quantitative estimate of drug-likeness (QED) is 0.546. The van der Waals surface area contributed by atoms with Gasteiger partial charge in [0.1, 0.15) is 11.2 Å². The van der Waals surface area contributed by atoms with Crippen LogP contribution in [0.4, 0.5) is 5.69 Å². The second kappa shape index (κ2) is 8.32. The number of thiophene rings is 1. The number of aryl methyl sites for hydroxylation is 1. The second-order valence-corrected chi connectivity index (χ2v) is 11.0. The van der Waals surface area contributed by atoms with Gasteiger partial charge in [-0.1, -0.05) is 45.7 Å². The van der Waals surface area contributed by atoms with Gasteiger partial charge in [-0.25, -0.2) is 0 Å². The molecule has 1 aliphatic carbocycles. The first-order valence-corrected chi connectivity index (χ1v) is 13.0. The highest BCUT2D eigenvalue weighted by Crippen LogP contribution is 2.38. The van der Waals surface area contributed by atoms with Crippen molar-refractivity contribution in [2.24, 2.45) is 11.8 Å². The summed E-state index contributed by atoms with van der Waals surface area (Å²) in [4.78, 5) is 29.6. The minimum absolute atomic E-state index is 0.0657. The molecule has 2 amide bonds. The highest BCUT2D eigenvalue weighted by molar-refractivity contribution is 7.17. The van der Waals surface area contributed by atoms with Crippen LogP contribution in [0.1, 0.15) is 63.0 Å². The molecule has 3 aromatic rings. The number of amides is 2. The molecule has 0 spiro atoms. The Morgan fingerprint density at radius 2 is 1.94 bits per heavy atom. The standard InChI is InChI=1S/C27H33N3O2S/c1-5-19-9-11-20(12-10-19)30-25(31)23-15-24-22(13-14-33-24)29(23)16-27(30,4)26(32)28-21-8-6-7-17(2)18(21)3/h9-15,17-18,21H,5-8,16H2,1-4H3,(H,28,32)/t17-,18+,21+,27+/m0/s1. The fraction of sp³-hybridized carbons (Fsp3) is 0.481. The SMILES string of the molecule is CCc1ccc(N2C(=O)c3cc4sccc4n3C[C@]2(C)C(=O)N[C@@H]2CCC[C@H](C)[C@H]2C)cc1. The van der Waals surface area contributed by atoms with Crippen molar-refractivity contribution in [3.63, 3.8) is 0 Å². The zero-order valence-corrected chi connectivity index (χ0v) is 20.7. The van der Waals surface area contributed by atoms with Crippen molar-refractivity contribution in [3.8, 4) is 0 Å². The molecule has 0 saturated heterocycles.